The van der Waals surface area contributed by atoms with Crippen molar-refractivity contribution in [3.63, 3.8) is 0 Å². The van der Waals surface area contributed by atoms with E-state index in [0.29, 0.717) is 38.3 Å². The molecule has 122 heavy (non-hydrogen) atoms. The monoisotopic (exact) mass is 1790 g/mol. The number of hydrogen-bond donors (Lipinski definition) is 7. The molecule has 6 aliphatic heterocycles. The summed E-state index contributed by atoms with van der Waals surface area (Å²) in [4.78, 5) is 40.1. The maximum Gasteiger partial charge on any atom is 2.00 e. The number of Topliss-reactive ketones (excluding diaryl/α,β-unsaturated/α-hetero) is 1. The minimum Gasteiger partial charge on any atom is -1.00 e. The second-order valence-corrected chi connectivity index (χ2v) is 38.0. The van der Waals surface area contributed by atoms with Crippen LogP contribution in [0.1, 0.15) is 316 Å². The number of nitrogens with zero attached hydrogens (tertiary/aromatic N) is 8. The van der Waals surface area contributed by atoms with Crippen molar-refractivity contribution in [1.82, 2.24) is 30.4 Å². The van der Waals surface area contributed by atoms with E-state index in [1.54, 1.807) is 20.8 Å². The summed E-state index contributed by atoms with van der Waals surface area (Å²) in [6.45, 7) is 34.0. The third kappa shape index (κ3) is 34.9. The third-order valence-electron chi connectivity index (χ3n) is 25.8. The molecule has 15 rings (SSSR count). The minimum atomic E-state index is -0.609. The Morgan fingerprint density at radius 3 is 1.43 bits per heavy atom. The van der Waals surface area contributed by atoms with Gasteiger partial charge in [-0.15, -0.1) is 43.5 Å². The first-order valence-corrected chi connectivity index (χ1v) is 45.4. The van der Waals surface area contributed by atoms with E-state index in [-0.39, 0.29) is 104 Å². The number of ketones is 1. The predicted octanol–water partition coefficient (Wildman–Crippen LogP) is 18.8. The Morgan fingerprint density at radius 2 is 1.02 bits per heavy atom. The summed E-state index contributed by atoms with van der Waals surface area (Å²) < 4.78 is 53.5. The second-order valence-electron chi connectivity index (χ2n) is 36.8. The van der Waals surface area contributed by atoms with Crippen molar-refractivity contribution in [2.45, 2.75) is 379 Å². The molecule has 9 heterocycles. The molecule has 0 radical (unpaired) electrons. The fraction of sp³-hybridized carbons (Fsp3) is 0.747. The second kappa shape index (κ2) is 55.1. The Kier molecular flexibility index (Phi) is 50.2. The van der Waals surface area contributed by atoms with Crippen molar-refractivity contribution in [2.75, 3.05) is 46.7 Å². The van der Waals surface area contributed by atoms with Crippen LogP contribution in [0.2, 0.25) is 0 Å². The molecular formula is C91H152Cl3MgN15O11S. The third-order valence-corrected chi connectivity index (χ3v) is 26.8. The molecule has 6 saturated carbocycles. The zero-order valence-corrected chi connectivity index (χ0v) is 79.8. The van der Waals surface area contributed by atoms with Gasteiger partial charge in [0, 0.05) is 113 Å². The Hall–Kier alpha value is -4.89. The normalized spacial score (nSPS) is 25.8. The number of hydrogen-bond acceptors (Lipinski definition) is 22. The number of rotatable bonds is 16. The number of carbonyl (C=O) groups is 3. The average Bonchev–Trinajstić information content (AvgIpc) is 1.21. The van der Waals surface area contributed by atoms with Crippen LogP contribution in [-0.4, -0.2) is 163 Å². The van der Waals surface area contributed by atoms with E-state index < -0.39 is 22.7 Å². The number of hydrazine groups is 2. The number of thiophene rings is 1. The number of allylic oxidation sites excluding steroid dienone is 3. The van der Waals surface area contributed by atoms with Crippen LogP contribution in [0.4, 0.5) is 4.79 Å². The topological polar surface area (TPSA) is 358 Å². The number of unbranched alkanes of at least 4 members (excludes halogenated alkanes) is 1. The van der Waals surface area contributed by atoms with Crippen molar-refractivity contribution >= 4 is 82.1 Å². The van der Waals surface area contributed by atoms with Crippen molar-refractivity contribution in [3.05, 3.63) is 117 Å². The molecule has 12 aliphatic rings. The molecule has 1 amide bonds. The van der Waals surface area contributed by atoms with E-state index in [4.69, 9.17) is 66.2 Å². The van der Waals surface area contributed by atoms with Gasteiger partial charge in [0.1, 0.15) is 17.0 Å². The van der Waals surface area contributed by atoms with Crippen molar-refractivity contribution in [2.24, 2.45) is 37.2 Å². The SMILES string of the molecule is C=CCC1(C(=O)OC(C)(C)C)CCOC2(CCCC2)C1.C=CCC1(NN)CCOC2(CCCC2)C1.C=CCC1(n2cccn2)CCOC2(CCCC2)C1.C=C[CH2-].CC(C)(C)OC(=O)NN.CN=C1CCOC2(CCCC2)C1.Cl.N=N.N=NN=NCl.O=C1CCOC2(CCCC2)C1.[Cl-].[Mg+2].c1csc(CCCCC2(n3cccn3)CCOC3(CCCC3)C2)c1. The molecule has 0 bridgehead atoms. The summed E-state index contributed by atoms with van der Waals surface area (Å²) in [7, 11) is 1.91. The van der Waals surface area contributed by atoms with Gasteiger partial charge in [0.05, 0.1) is 75.1 Å². The van der Waals surface area contributed by atoms with Gasteiger partial charge >= 0.3 is 35.1 Å². The summed E-state index contributed by atoms with van der Waals surface area (Å²) in [6.07, 6.45) is 63.6. The van der Waals surface area contributed by atoms with Gasteiger partial charge in [0.2, 0.25) is 0 Å². The van der Waals surface area contributed by atoms with Gasteiger partial charge < -0.3 is 50.3 Å². The molecule has 3 aromatic rings. The predicted molar refractivity (Wildman–Crippen MR) is 485 cm³/mol. The average molecular weight is 1800 g/mol. The summed E-state index contributed by atoms with van der Waals surface area (Å²) in [6, 6.07) is 8.51. The number of aliphatic imine (C=N–C) groups is 1. The first-order valence-electron chi connectivity index (χ1n) is 44.2. The first kappa shape index (κ1) is 111. The molecule has 686 valence electrons. The van der Waals surface area contributed by atoms with Gasteiger partial charge in [0.25, 0.3) is 0 Å². The van der Waals surface area contributed by atoms with E-state index in [1.807, 2.05) is 81.3 Å². The van der Waals surface area contributed by atoms with Crippen LogP contribution in [0, 0.1) is 28.9 Å². The molecule has 4 unspecified atom stereocenters. The number of ether oxygens (including phenoxy) is 8. The fourth-order valence-electron chi connectivity index (χ4n) is 20.5. The van der Waals surface area contributed by atoms with Gasteiger partial charge in [-0.3, -0.25) is 40.6 Å². The summed E-state index contributed by atoms with van der Waals surface area (Å²) in [5.74, 6) is 10.8. The fourth-order valence-corrected chi connectivity index (χ4v) is 21.2. The van der Waals surface area contributed by atoms with Crippen molar-refractivity contribution < 1.29 is 64.7 Å². The number of esters is 1. The van der Waals surface area contributed by atoms with Crippen LogP contribution >= 0.6 is 35.5 Å². The summed E-state index contributed by atoms with van der Waals surface area (Å²) in [5, 5.41) is 16.4. The molecule has 9 N–H and O–H groups in total. The molecule has 6 spiro atoms. The Morgan fingerprint density at radius 1 is 0.598 bits per heavy atom. The van der Waals surface area contributed by atoms with Gasteiger partial charge in [-0.1, -0.05) is 112 Å². The summed E-state index contributed by atoms with van der Waals surface area (Å²) in [5.41, 5.74) is 21.6. The number of halogens is 3. The van der Waals surface area contributed by atoms with E-state index in [9.17, 15) is 14.4 Å². The van der Waals surface area contributed by atoms with Crippen LogP contribution in [0.5, 0.6) is 0 Å². The largest absolute Gasteiger partial charge is 2.00 e. The number of aryl methyl sites for hydroxylation is 1. The van der Waals surface area contributed by atoms with Crippen LogP contribution in [0.25, 0.3) is 0 Å². The molecule has 12 fully saturated rings. The quantitative estimate of drug-likeness (QED) is 0.00806. The number of aromatic nitrogens is 4. The number of carbonyl (C=O) groups excluding carboxylic acids is 3. The summed E-state index contributed by atoms with van der Waals surface area (Å²) >= 11 is 6.43. The van der Waals surface area contributed by atoms with Gasteiger partial charge in [-0.2, -0.15) is 15.7 Å². The standard InChI is InChI=1S/C20H28N2OS.C17H28O3.C15H22N2O.C12H22N2O.C10H17NO.C9H14O2.C5H12N2O2.C3H5.ClHN4.2ClH.Mg.H2N2/c1(7-18-8-5-16-24-18)2-9-19(22-14-6-13-21-22)12-15-23-20(17-19)10-3-4-11-20;1-5-8-16(14(18)20-15(2,3)4)11-12-19-17(13-16)9-6-7-10-17;1-2-6-14(17-11-5-10-16-17)9-12-18-15(13-14)7-3-4-8-15;1-2-5-11(14-13)8-9-15-12(10-11)6-3-4-7-12;1-11-9-4-7-12-10(8-9)5-2-3-6-10;10-8-3-6-11-9(7-8)4-1-2-5-9;1-5(2,3)9-4(8)7-6;1-3-2;1-3-5-4-2;;;;1-2/h5-6,8,13-14,16H,1-4,7,9-12,15,17H2;5H,1,6-13H2,2-4H3;2,5,10-11H,1,3-4,6-9,12-13H2;2,14H,1,3-10,13H2;2-8H2,1H3;1-7H2;6H2,1-3H3,(H,7,8);3H,1-2H2;2H;2*1H;;1-2H/q;;;;;;;-1;;;;+2;/p-1. The molecule has 3 aromatic heterocycles. The maximum atomic E-state index is 12.7. The maximum absolute atomic E-state index is 12.7. The Balaban J connectivity index is 0.000000366. The first-order chi connectivity index (χ1) is 57.1. The zero-order valence-electron chi connectivity index (χ0n) is 75.2. The van der Waals surface area contributed by atoms with Crippen molar-refractivity contribution in [3.8, 4) is 0 Å². The minimum absolute atomic E-state index is 0. The van der Waals surface area contributed by atoms with Gasteiger partial charge in [0.15, 0.2) is 0 Å². The van der Waals surface area contributed by atoms with E-state index in [0.717, 1.165) is 129 Å². The van der Waals surface area contributed by atoms with Crippen LogP contribution in [0.3, 0.4) is 0 Å². The Labute approximate surface area is 768 Å². The number of nitrogens with two attached hydrogens (primary N) is 2. The molecular weight excluding hydrogens is 1640 g/mol. The van der Waals surface area contributed by atoms with Crippen LogP contribution in [0.15, 0.2) is 125 Å². The van der Waals surface area contributed by atoms with Crippen LogP contribution < -0.4 is 34.9 Å². The zero-order chi connectivity index (χ0) is 86.9. The van der Waals surface area contributed by atoms with Gasteiger partial charge in [-0.05, 0) is 230 Å². The van der Waals surface area contributed by atoms with Gasteiger partial charge in [-0.25, -0.2) is 41.3 Å². The van der Waals surface area contributed by atoms with Crippen molar-refractivity contribution in [1.29, 1.82) is 16.6 Å². The van der Waals surface area contributed by atoms with Crippen LogP contribution in [-0.2, 0) is 65.0 Å². The number of amides is 1. The molecule has 4 atom stereocenters. The molecule has 6 saturated heterocycles. The molecule has 0 aromatic carbocycles. The number of nitrogens with one attached hydrogen (secondary N) is 5. The Bertz CT molecular complexity index is 3520. The molecule has 6 aliphatic carbocycles. The van der Waals surface area contributed by atoms with E-state index in [2.05, 4.69) is 126 Å². The molecule has 31 heteroatoms. The van der Waals surface area contributed by atoms with E-state index in [1.165, 1.54) is 171 Å². The van der Waals surface area contributed by atoms with E-state index >= 15 is 0 Å². The molecule has 26 nitrogen and oxygen atoms in total. The smallest absolute Gasteiger partial charge is 1.00 e.